The number of nitrogens with zero attached hydrogens (tertiary/aromatic N) is 2. The Labute approximate surface area is 124 Å². The summed E-state index contributed by atoms with van der Waals surface area (Å²) in [5.41, 5.74) is 9.22. The van der Waals surface area contributed by atoms with E-state index in [0.717, 1.165) is 16.6 Å². The number of hydrogen-bond acceptors (Lipinski definition) is 3. The Morgan fingerprint density at radius 3 is 2.67 bits per heavy atom. The predicted octanol–water partition coefficient (Wildman–Crippen LogP) is 4.23. The van der Waals surface area contributed by atoms with Gasteiger partial charge in [0.1, 0.15) is 0 Å². The van der Waals surface area contributed by atoms with E-state index in [9.17, 15) is 8.78 Å². The molecule has 0 amide bonds. The molecule has 3 nitrogen and oxygen atoms in total. The SMILES string of the molecule is Cc1cccc2nc(N)n(-c3ccccc3SC(F)F)c12. The maximum atomic E-state index is 12.7. The van der Waals surface area contributed by atoms with Gasteiger partial charge in [-0.15, -0.1) is 0 Å². The van der Waals surface area contributed by atoms with Gasteiger partial charge in [0.2, 0.25) is 5.95 Å². The highest BCUT2D eigenvalue weighted by Crippen LogP contribution is 2.34. The van der Waals surface area contributed by atoms with Crippen LogP contribution in [0.5, 0.6) is 0 Å². The Balaban J connectivity index is 2.28. The number of halogens is 2. The Kier molecular flexibility index (Phi) is 3.55. The molecule has 0 radical (unpaired) electrons. The molecular weight excluding hydrogens is 292 g/mol. The third kappa shape index (κ3) is 2.47. The van der Waals surface area contributed by atoms with Crippen LogP contribution in [-0.2, 0) is 0 Å². The van der Waals surface area contributed by atoms with Gasteiger partial charge in [0.15, 0.2) is 0 Å². The molecule has 0 atom stereocenters. The van der Waals surface area contributed by atoms with Crippen molar-refractivity contribution < 1.29 is 8.78 Å². The van der Waals surface area contributed by atoms with E-state index in [1.165, 1.54) is 0 Å². The van der Waals surface area contributed by atoms with Crippen LogP contribution in [0, 0.1) is 6.92 Å². The van der Waals surface area contributed by atoms with Crippen molar-refractivity contribution in [2.45, 2.75) is 17.6 Å². The summed E-state index contributed by atoms with van der Waals surface area (Å²) in [7, 11) is 0. The standard InChI is InChI=1S/C15H13F2N3S/c1-9-5-4-6-10-13(9)20(15(18)19-10)11-7-2-3-8-12(11)21-14(16)17/h2-8,14H,1H3,(H2,18,19). The summed E-state index contributed by atoms with van der Waals surface area (Å²) in [6.45, 7) is 1.95. The molecule has 0 aliphatic heterocycles. The predicted molar refractivity (Wildman–Crippen MR) is 82.1 cm³/mol. The normalized spacial score (nSPS) is 11.4. The average molecular weight is 305 g/mol. The summed E-state index contributed by atoms with van der Waals surface area (Å²) in [6, 6.07) is 12.7. The lowest BCUT2D eigenvalue weighted by atomic mass is 10.2. The molecule has 1 aromatic heterocycles. The Morgan fingerprint density at radius 1 is 1.14 bits per heavy atom. The lowest BCUT2D eigenvalue weighted by Crippen LogP contribution is -2.03. The fourth-order valence-corrected chi connectivity index (χ4v) is 3.02. The molecule has 1 heterocycles. The molecular formula is C15H13F2N3S. The van der Waals surface area contributed by atoms with Crippen molar-refractivity contribution in [3.8, 4) is 5.69 Å². The number of benzene rings is 2. The quantitative estimate of drug-likeness (QED) is 0.736. The van der Waals surface area contributed by atoms with Crippen molar-refractivity contribution in [1.82, 2.24) is 9.55 Å². The molecule has 0 fully saturated rings. The molecule has 0 aliphatic rings. The Hall–Kier alpha value is -2.08. The van der Waals surface area contributed by atoms with Crippen molar-refractivity contribution >= 4 is 28.7 Å². The summed E-state index contributed by atoms with van der Waals surface area (Å²) < 4.78 is 27.2. The van der Waals surface area contributed by atoms with Gasteiger partial charge in [0.05, 0.1) is 16.7 Å². The molecule has 0 saturated heterocycles. The van der Waals surface area contributed by atoms with Crippen molar-refractivity contribution in [2.24, 2.45) is 0 Å². The van der Waals surface area contributed by atoms with Gasteiger partial charge in [-0.05, 0) is 30.7 Å². The van der Waals surface area contributed by atoms with E-state index in [2.05, 4.69) is 4.98 Å². The van der Waals surface area contributed by atoms with Crippen LogP contribution in [-0.4, -0.2) is 15.3 Å². The Bertz CT molecular complexity index is 799. The highest BCUT2D eigenvalue weighted by Gasteiger charge is 2.16. The number of alkyl halides is 2. The first-order valence-corrected chi connectivity index (χ1v) is 7.23. The first-order chi connectivity index (χ1) is 10.1. The van der Waals surface area contributed by atoms with Gasteiger partial charge in [-0.3, -0.25) is 4.57 Å². The first kappa shape index (κ1) is 13.9. The molecule has 6 heteroatoms. The number of nitrogens with two attached hydrogens (primary N) is 1. The second-order valence-corrected chi connectivity index (χ2v) is 5.63. The number of anilines is 1. The van der Waals surface area contributed by atoms with Gasteiger partial charge in [-0.2, -0.15) is 8.78 Å². The van der Waals surface area contributed by atoms with Gasteiger partial charge < -0.3 is 5.73 Å². The molecule has 0 saturated carbocycles. The van der Waals surface area contributed by atoms with Crippen molar-refractivity contribution in [1.29, 1.82) is 0 Å². The van der Waals surface area contributed by atoms with Crippen molar-refractivity contribution in [3.05, 3.63) is 48.0 Å². The molecule has 0 unspecified atom stereocenters. The summed E-state index contributed by atoms with van der Waals surface area (Å²) in [5.74, 6) is -2.19. The van der Waals surface area contributed by atoms with Gasteiger partial charge in [-0.25, -0.2) is 4.98 Å². The highest BCUT2D eigenvalue weighted by molar-refractivity contribution is 7.99. The summed E-state index contributed by atoms with van der Waals surface area (Å²) in [5, 5.41) is 0. The molecule has 3 rings (SSSR count). The second-order valence-electron chi connectivity index (χ2n) is 4.59. The number of fused-ring (bicyclic) bond motifs is 1. The van der Waals surface area contributed by atoms with Crippen LogP contribution in [0.25, 0.3) is 16.7 Å². The fraction of sp³-hybridized carbons (Fsp3) is 0.133. The topological polar surface area (TPSA) is 43.8 Å². The van der Waals surface area contributed by atoms with Gasteiger partial charge in [0.25, 0.3) is 5.76 Å². The number of rotatable bonds is 3. The van der Waals surface area contributed by atoms with E-state index in [-0.39, 0.29) is 0 Å². The summed E-state index contributed by atoms with van der Waals surface area (Å²) in [4.78, 5) is 4.79. The zero-order valence-electron chi connectivity index (χ0n) is 11.3. The maximum Gasteiger partial charge on any atom is 0.288 e. The number of nitrogen functional groups attached to an aromatic ring is 1. The van der Waals surface area contributed by atoms with Crippen LogP contribution in [0.2, 0.25) is 0 Å². The largest absolute Gasteiger partial charge is 0.369 e. The minimum atomic E-state index is -2.48. The van der Waals surface area contributed by atoms with Gasteiger partial charge >= 0.3 is 0 Å². The molecule has 2 aromatic carbocycles. The van der Waals surface area contributed by atoms with E-state index < -0.39 is 5.76 Å². The lowest BCUT2D eigenvalue weighted by molar-refractivity contribution is 0.252. The zero-order valence-corrected chi connectivity index (χ0v) is 12.1. The number of imidazole rings is 1. The molecule has 108 valence electrons. The second kappa shape index (κ2) is 5.37. The van der Waals surface area contributed by atoms with E-state index >= 15 is 0 Å². The number of hydrogen-bond donors (Lipinski definition) is 1. The minimum Gasteiger partial charge on any atom is -0.369 e. The third-order valence-corrected chi connectivity index (χ3v) is 4.00. The molecule has 0 aliphatic carbocycles. The number of para-hydroxylation sites is 2. The third-order valence-electron chi connectivity index (χ3n) is 3.23. The first-order valence-electron chi connectivity index (χ1n) is 6.35. The van der Waals surface area contributed by atoms with Crippen LogP contribution in [0.3, 0.4) is 0 Å². The van der Waals surface area contributed by atoms with Crippen LogP contribution in [0.15, 0.2) is 47.4 Å². The van der Waals surface area contributed by atoms with Crippen LogP contribution in [0.4, 0.5) is 14.7 Å². The number of aryl methyl sites for hydroxylation is 1. The maximum absolute atomic E-state index is 12.7. The van der Waals surface area contributed by atoms with Gasteiger partial charge in [-0.1, -0.05) is 36.0 Å². The van der Waals surface area contributed by atoms with Crippen LogP contribution < -0.4 is 5.73 Å². The number of thioether (sulfide) groups is 1. The highest BCUT2D eigenvalue weighted by atomic mass is 32.2. The summed E-state index contributed by atoms with van der Waals surface area (Å²) in [6.07, 6.45) is 0. The van der Waals surface area contributed by atoms with Crippen molar-refractivity contribution in [3.63, 3.8) is 0 Å². The molecule has 21 heavy (non-hydrogen) atoms. The Morgan fingerprint density at radius 2 is 1.90 bits per heavy atom. The molecule has 0 spiro atoms. The van der Waals surface area contributed by atoms with E-state index in [1.807, 2.05) is 25.1 Å². The number of aromatic nitrogens is 2. The van der Waals surface area contributed by atoms with Crippen LogP contribution in [0.1, 0.15) is 5.56 Å². The van der Waals surface area contributed by atoms with Gasteiger partial charge in [0, 0.05) is 4.90 Å². The van der Waals surface area contributed by atoms with Crippen LogP contribution >= 0.6 is 11.8 Å². The monoisotopic (exact) mass is 305 g/mol. The fourth-order valence-electron chi connectivity index (χ4n) is 2.39. The molecule has 0 bridgehead atoms. The smallest absolute Gasteiger partial charge is 0.288 e. The van der Waals surface area contributed by atoms with E-state index in [4.69, 9.17) is 5.73 Å². The van der Waals surface area contributed by atoms with Crippen molar-refractivity contribution in [2.75, 3.05) is 5.73 Å². The summed E-state index contributed by atoms with van der Waals surface area (Å²) >= 11 is 0.509. The zero-order chi connectivity index (χ0) is 15.0. The molecule has 3 aromatic rings. The average Bonchev–Trinajstić information content (AvgIpc) is 2.76. The lowest BCUT2D eigenvalue weighted by Gasteiger charge is -2.12. The van der Waals surface area contributed by atoms with E-state index in [0.29, 0.717) is 28.3 Å². The van der Waals surface area contributed by atoms with E-state index in [1.54, 1.807) is 28.8 Å². The molecule has 2 N–H and O–H groups in total. The minimum absolute atomic E-state index is 0.293.